The molecule has 0 radical (unpaired) electrons. The first-order chi connectivity index (χ1) is 16.1. The van der Waals surface area contributed by atoms with Crippen LogP contribution in [0, 0.1) is 19.7 Å². The Bertz CT molecular complexity index is 1120. The number of aryl methyl sites for hydroxylation is 3. The Morgan fingerprint density at radius 2 is 1.74 bits per heavy atom. The molecule has 0 spiro atoms. The van der Waals surface area contributed by atoms with E-state index in [0.29, 0.717) is 29.5 Å². The molecule has 3 aromatic rings. The van der Waals surface area contributed by atoms with E-state index in [1.165, 1.54) is 25.4 Å². The second-order valence-corrected chi connectivity index (χ2v) is 8.10. The minimum atomic E-state index is -4.50. The summed E-state index contributed by atoms with van der Waals surface area (Å²) >= 11 is 0. The van der Waals surface area contributed by atoms with Gasteiger partial charge in [0.2, 0.25) is 5.91 Å². The van der Waals surface area contributed by atoms with E-state index in [0.717, 1.165) is 17.3 Å². The second-order valence-electron chi connectivity index (χ2n) is 8.10. The Morgan fingerprint density at radius 1 is 1.00 bits per heavy atom. The first-order valence-corrected chi connectivity index (χ1v) is 10.8. The number of likely N-dealkylation sites (N-methyl/N-ethyl adjacent to an activating group) is 1. The lowest BCUT2D eigenvalue weighted by Gasteiger charge is -2.26. The van der Waals surface area contributed by atoms with Crippen LogP contribution < -0.4 is 10.6 Å². The minimum absolute atomic E-state index is 0.273. The van der Waals surface area contributed by atoms with Crippen LogP contribution in [0.25, 0.3) is 0 Å². The first-order valence-electron chi connectivity index (χ1n) is 10.8. The molecular formula is C25H26F4N4O. The number of pyridine rings is 2. The fourth-order valence-corrected chi connectivity index (χ4v) is 3.60. The number of alkyl halides is 3. The van der Waals surface area contributed by atoms with Gasteiger partial charge in [-0.3, -0.25) is 20.1 Å². The summed E-state index contributed by atoms with van der Waals surface area (Å²) in [6.07, 6.45) is -0.848. The van der Waals surface area contributed by atoms with E-state index in [1.807, 2.05) is 13.0 Å². The van der Waals surface area contributed by atoms with Crippen molar-refractivity contribution in [1.82, 2.24) is 20.6 Å². The largest absolute Gasteiger partial charge is 0.433 e. The number of nitrogens with one attached hydrogen (secondary N) is 2. The highest BCUT2D eigenvalue weighted by molar-refractivity contribution is 5.82. The summed E-state index contributed by atoms with van der Waals surface area (Å²) in [7, 11) is 1.53. The smallest absolute Gasteiger partial charge is 0.358 e. The first kappa shape index (κ1) is 25.3. The summed E-state index contributed by atoms with van der Waals surface area (Å²) in [5.41, 5.74) is 2.34. The molecule has 180 valence electrons. The maximum absolute atomic E-state index is 13.9. The molecule has 3 rings (SSSR count). The molecule has 0 aliphatic heterocycles. The van der Waals surface area contributed by atoms with Crippen LogP contribution in [-0.2, 0) is 17.4 Å². The molecule has 0 saturated heterocycles. The van der Waals surface area contributed by atoms with Gasteiger partial charge in [0, 0.05) is 31.2 Å². The van der Waals surface area contributed by atoms with Gasteiger partial charge in [0.25, 0.3) is 0 Å². The predicted octanol–water partition coefficient (Wildman–Crippen LogP) is 5.00. The van der Waals surface area contributed by atoms with Gasteiger partial charge in [0.1, 0.15) is 17.6 Å². The maximum Gasteiger partial charge on any atom is 0.433 e. The molecule has 5 nitrogen and oxygen atoms in total. The van der Waals surface area contributed by atoms with Crippen molar-refractivity contribution in [1.29, 1.82) is 0 Å². The minimum Gasteiger partial charge on any atom is -0.358 e. The molecule has 2 heterocycles. The van der Waals surface area contributed by atoms with E-state index in [1.54, 1.807) is 31.3 Å². The van der Waals surface area contributed by atoms with Gasteiger partial charge in [0.15, 0.2) is 0 Å². The Kier molecular flexibility index (Phi) is 7.98. The maximum atomic E-state index is 13.9. The average Bonchev–Trinajstić information content (AvgIpc) is 2.81. The number of aromatic nitrogens is 2. The highest BCUT2D eigenvalue weighted by Crippen LogP contribution is 2.29. The molecule has 9 heteroatoms. The van der Waals surface area contributed by atoms with Gasteiger partial charge in [-0.15, -0.1) is 0 Å². The molecule has 2 atom stereocenters. The van der Waals surface area contributed by atoms with Crippen molar-refractivity contribution in [2.75, 3.05) is 7.05 Å². The van der Waals surface area contributed by atoms with Gasteiger partial charge in [-0.05, 0) is 67.1 Å². The SMILES string of the molecule is CNC(=O)[C@H](N[C@H](CCc1ccc(C(F)(F)F)nc1)c1ccc(F)c(C)c1)c1ccc(C)nc1. The van der Waals surface area contributed by atoms with Crippen LogP contribution in [0.2, 0.25) is 0 Å². The fraction of sp³-hybridized carbons (Fsp3) is 0.320. The zero-order chi connectivity index (χ0) is 24.9. The van der Waals surface area contributed by atoms with E-state index >= 15 is 0 Å². The van der Waals surface area contributed by atoms with Gasteiger partial charge in [-0.1, -0.05) is 24.3 Å². The van der Waals surface area contributed by atoms with Crippen molar-refractivity contribution < 1.29 is 22.4 Å². The highest BCUT2D eigenvalue weighted by atomic mass is 19.4. The van der Waals surface area contributed by atoms with Gasteiger partial charge >= 0.3 is 6.18 Å². The summed E-state index contributed by atoms with van der Waals surface area (Å²) in [5, 5.41) is 5.98. The topological polar surface area (TPSA) is 66.9 Å². The number of hydrogen-bond donors (Lipinski definition) is 2. The third-order valence-corrected chi connectivity index (χ3v) is 5.57. The molecule has 0 bridgehead atoms. The summed E-state index contributed by atoms with van der Waals surface area (Å²) in [4.78, 5) is 20.5. The lowest BCUT2D eigenvalue weighted by atomic mass is 9.96. The summed E-state index contributed by atoms with van der Waals surface area (Å²) in [6, 6.07) is 9.52. The Balaban J connectivity index is 1.88. The number of carbonyl (C=O) groups excluding carboxylic acids is 1. The van der Waals surface area contributed by atoms with Crippen LogP contribution in [0.5, 0.6) is 0 Å². The normalized spacial score (nSPS) is 13.4. The highest BCUT2D eigenvalue weighted by Gasteiger charge is 2.32. The molecule has 0 aliphatic carbocycles. The zero-order valence-electron chi connectivity index (χ0n) is 19.1. The quantitative estimate of drug-likeness (QED) is 0.451. The molecule has 1 amide bonds. The van der Waals surface area contributed by atoms with Crippen molar-refractivity contribution in [3.05, 3.63) is 94.3 Å². The van der Waals surface area contributed by atoms with Crippen molar-refractivity contribution in [3.63, 3.8) is 0 Å². The van der Waals surface area contributed by atoms with Gasteiger partial charge < -0.3 is 5.32 Å². The van der Waals surface area contributed by atoms with Crippen molar-refractivity contribution in [3.8, 4) is 0 Å². The van der Waals surface area contributed by atoms with E-state index in [2.05, 4.69) is 20.6 Å². The lowest BCUT2D eigenvalue weighted by molar-refractivity contribution is -0.141. The van der Waals surface area contributed by atoms with Gasteiger partial charge in [0.05, 0.1) is 0 Å². The zero-order valence-corrected chi connectivity index (χ0v) is 19.1. The fourth-order valence-electron chi connectivity index (χ4n) is 3.60. The molecule has 0 unspecified atom stereocenters. The molecule has 0 saturated carbocycles. The molecule has 2 aromatic heterocycles. The number of rotatable bonds is 8. The van der Waals surface area contributed by atoms with Crippen LogP contribution in [-0.4, -0.2) is 22.9 Å². The molecule has 1 aromatic carbocycles. The van der Waals surface area contributed by atoms with Crippen LogP contribution in [0.4, 0.5) is 17.6 Å². The third-order valence-electron chi connectivity index (χ3n) is 5.57. The van der Waals surface area contributed by atoms with Crippen LogP contribution >= 0.6 is 0 Å². The molecule has 0 fully saturated rings. The molecule has 0 aliphatic rings. The van der Waals surface area contributed by atoms with Crippen molar-refractivity contribution >= 4 is 5.91 Å². The number of nitrogens with zero attached hydrogens (tertiary/aromatic N) is 2. The standard InChI is InChI=1S/C25H26F4N4O/c1-15-12-18(8-9-20(15)26)21(10-5-17-6-11-22(32-13-17)25(27,28)29)33-23(24(34)30-3)19-7-4-16(2)31-14-19/h4,6-9,11-14,21,23,33H,5,10H2,1-3H3,(H,30,34)/t21-,23-/m1/s1. The van der Waals surface area contributed by atoms with Crippen molar-refractivity contribution in [2.45, 2.75) is 44.9 Å². The monoisotopic (exact) mass is 474 g/mol. The number of benzene rings is 1. The Labute approximate surface area is 195 Å². The van der Waals surface area contributed by atoms with Crippen LogP contribution in [0.3, 0.4) is 0 Å². The number of carbonyl (C=O) groups is 1. The number of halogens is 4. The van der Waals surface area contributed by atoms with Gasteiger partial charge in [-0.25, -0.2) is 4.39 Å². The van der Waals surface area contributed by atoms with E-state index in [-0.39, 0.29) is 11.7 Å². The molecule has 2 N–H and O–H groups in total. The number of hydrogen-bond acceptors (Lipinski definition) is 4. The number of amides is 1. The van der Waals surface area contributed by atoms with E-state index < -0.39 is 24.0 Å². The van der Waals surface area contributed by atoms with E-state index in [4.69, 9.17) is 0 Å². The Morgan fingerprint density at radius 3 is 2.29 bits per heavy atom. The second kappa shape index (κ2) is 10.7. The summed E-state index contributed by atoms with van der Waals surface area (Å²) in [6.45, 7) is 3.49. The summed E-state index contributed by atoms with van der Waals surface area (Å²) < 4.78 is 52.4. The average molecular weight is 475 g/mol. The van der Waals surface area contributed by atoms with Crippen LogP contribution in [0.1, 0.15) is 52.1 Å². The summed E-state index contributed by atoms with van der Waals surface area (Å²) in [5.74, 6) is -0.620. The van der Waals surface area contributed by atoms with E-state index in [9.17, 15) is 22.4 Å². The van der Waals surface area contributed by atoms with Crippen LogP contribution in [0.15, 0.2) is 54.9 Å². The Hall–Kier alpha value is -3.33. The predicted molar refractivity (Wildman–Crippen MR) is 120 cm³/mol. The lowest BCUT2D eigenvalue weighted by Crippen LogP contribution is -2.38. The third kappa shape index (κ3) is 6.38. The molecular weight excluding hydrogens is 448 g/mol. The van der Waals surface area contributed by atoms with Crippen molar-refractivity contribution in [2.24, 2.45) is 0 Å². The molecule has 34 heavy (non-hydrogen) atoms. The van der Waals surface area contributed by atoms with Gasteiger partial charge in [-0.2, -0.15) is 13.2 Å².